The van der Waals surface area contributed by atoms with Crippen molar-refractivity contribution in [2.24, 2.45) is 5.92 Å². The number of carbonyl (C=O) groups excluding carboxylic acids is 2. The molecule has 0 spiro atoms. The number of aryl methyl sites for hydroxylation is 1. The minimum Gasteiger partial charge on any atom is -0.461 e. The van der Waals surface area contributed by atoms with Gasteiger partial charge in [0, 0.05) is 18.7 Å². The molecule has 0 bridgehead atoms. The molecule has 1 aliphatic carbocycles. The summed E-state index contributed by atoms with van der Waals surface area (Å²) in [5.41, 5.74) is 1.45. The first-order valence-electron chi connectivity index (χ1n) is 8.76. The highest BCUT2D eigenvalue weighted by Crippen LogP contribution is 2.29. The highest BCUT2D eigenvalue weighted by Gasteiger charge is 2.29. The van der Waals surface area contributed by atoms with Gasteiger partial charge in [0.2, 0.25) is 5.91 Å². The van der Waals surface area contributed by atoms with E-state index in [1.807, 2.05) is 0 Å². The molecule has 2 aliphatic rings. The monoisotopic (exact) mass is 344 g/mol. The molecular formula is C19H21FN2O3. The topological polar surface area (TPSA) is 70.4 Å². The van der Waals surface area contributed by atoms with E-state index in [1.54, 1.807) is 6.07 Å². The number of esters is 1. The molecule has 132 valence electrons. The molecule has 1 saturated carbocycles. The van der Waals surface area contributed by atoms with Crippen LogP contribution >= 0.6 is 0 Å². The highest BCUT2D eigenvalue weighted by atomic mass is 19.1. The highest BCUT2D eigenvalue weighted by molar-refractivity contribution is 5.96. The number of rotatable bonds is 4. The summed E-state index contributed by atoms with van der Waals surface area (Å²) in [6.07, 6.45) is 3.97. The van der Waals surface area contributed by atoms with E-state index in [0.717, 1.165) is 24.8 Å². The second-order valence-corrected chi connectivity index (χ2v) is 6.62. The second kappa shape index (κ2) is 7.64. The van der Waals surface area contributed by atoms with Gasteiger partial charge in [-0.15, -0.1) is 0 Å². The van der Waals surface area contributed by atoms with Gasteiger partial charge in [-0.2, -0.15) is 5.26 Å². The molecule has 3 rings (SSSR count). The third-order valence-corrected chi connectivity index (χ3v) is 4.93. The Morgan fingerprint density at radius 2 is 2.12 bits per heavy atom. The van der Waals surface area contributed by atoms with Gasteiger partial charge >= 0.3 is 5.97 Å². The molecule has 5 nitrogen and oxygen atoms in total. The Hall–Kier alpha value is -2.42. The number of hydrogen-bond donors (Lipinski definition) is 0. The van der Waals surface area contributed by atoms with Gasteiger partial charge < -0.3 is 9.64 Å². The van der Waals surface area contributed by atoms with Crippen LogP contribution in [0.5, 0.6) is 0 Å². The Balaban J connectivity index is 1.60. The molecule has 1 amide bonds. The van der Waals surface area contributed by atoms with Gasteiger partial charge in [0.1, 0.15) is 11.9 Å². The van der Waals surface area contributed by atoms with Crippen LogP contribution in [0, 0.1) is 23.1 Å². The van der Waals surface area contributed by atoms with Crippen molar-refractivity contribution in [3.63, 3.8) is 0 Å². The van der Waals surface area contributed by atoms with Gasteiger partial charge in [-0.05, 0) is 49.4 Å². The fourth-order valence-electron chi connectivity index (χ4n) is 3.59. The molecule has 1 aromatic carbocycles. The first-order valence-corrected chi connectivity index (χ1v) is 8.76. The molecule has 1 fully saturated rings. The number of carbonyl (C=O) groups is 2. The minimum absolute atomic E-state index is 0.0667. The van der Waals surface area contributed by atoms with E-state index in [4.69, 9.17) is 10.00 Å². The van der Waals surface area contributed by atoms with Crippen molar-refractivity contribution in [1.82, 2.24) is 0 Å². The number of nitrogens with zero attached hydrogens (tertiary/aromatic N) is 2. The lowest BCUT2D eigenvalue weighted by Crippen LogP contribution is -2.37. The maximum atomic E-state index is 13.4. The Bertz CT molecular complexity index is 713. The Labute approximate surface area is 146 Å². The Kier molecular flexibility index (Phi) is 5.32. The van der Waals surface area contributed by atoms with E-state index in [9.17, 15) is 14.0 Å². The molecule has 6 heteroatoms. The van der Waals surface area contributed by atoms with E-state index in [1.165, 1.54) is 17.0 Å². The standard InChI is InChI=1S/C19H21FN2O3/c20-15-6-7-16-13(11-15)5-8-18(23)22(16)10-9-19(24)25-17-4-2-1-3-14(17)12-21/h6-7,11,14,17H,1-5,8-10H2/t14-,17+/m1/s1. The van der Waals surface area contributed by atoms with Crippen LogP contribution in [-0.2, 0) is 20.7 Å². The zero-order valence-corrected chi connectivity index (χ0v) is 14.0. The third-order valence-electron chi connectivity index (χ3n) is 4.93. The van der Waals surface area contributed by atoms with E-state index in [2.05, 4.69) is 6.07 Å². The number of ether oxygens (including phenoxy) is 1. The van der Waals surface area contributed by atoms with Crippen molar-refractivity contribution in [1.29, 1.82) is 5.26 Å². The van der Waals surface area contributed by atoms with Crippen LogP contribution in [0.15, 0.2) is 18.2 Å². The SMILES string of the molecule is N#C[C@H]1CCCC[C@@H]1OC(=O)CCN1C(=O)CCc2cc(F)ccc21. The lowest BCUT2D eigenvalue weighted by molar-refractivity contribution is -0.152. The van der Waals surface area contributed by atoms with Gasteiger partial charge in [0.15, 0.2) is 0 Å². The lowest BCUT2D eigenvalue weighted by Gasteiger charge is -2.30. The van der Waals surface area contributed by atoms with E-state index in [-0.39, 0.29) is 36.7 Å². The number of hydrogen-bond acceptors (Lipinski definition) is 4. The predicted molar refractivity (Wildman–Crippen MR) is 89.1 cm³/mol. The number of fused-ring (bicyclic) bond motifs is 1. The van der Waals surface area contributed by atoms with Crippen LogP contribution in [-0.4, -0.2) is 24.5 Å². The summed E-state index contributed by atoms with van der Waals surface area (Å²) in [7, 11) is 0. The third kappa shape index (κ3) is 3.98. The molecular weight excluding hydrogens is 323 g/mol. The van der Waals surface area contributed by atoms with Crippen molar-refractivity contribution in [3.8, 4) is 6.07 Å². The summed E-state index contributed by atoms with van der Waals surface area (Å²) in [4.78, 5) is 25.9. The van der Waals surface area contributed by atoms with Gasteiger partial charge in [0.05, 0.1) is 18.4 Å². The first kappa shape index (κ1) is 17.4. The summed E-state index contributed by atoms with van der Waals surface area (Å²) in [5.74, 6) is -1.03. The molecule has 0 aromatic heterocycles. The average Bonchev–Trinajstić information content (AvgIpc) is 2.61. The van der Waals surface area contributed by atoms with Gasteiger partial charge in [-0.25, -0.2) is 4.39 Å². The molecule has 25 heavy (non-hydrogen) atoms. The van der Waals surface area contributed by atoms with Crippen molar-refractivity contribution in [2.75, 3.05) is 11.4 Å². The van der Waals surface area contributed by atoms with Crippen molar-refractivity contribution >= 4 is 17.6 Å². The second-order valence-electron chi connectivity index (χ2n) is 6.62. The number of nitriles is 1. The minimum atomic E-state index is -0.394. The summed E-state index contributed by atoms with van der Waals surface area (Å²) < 4.78 is 18.8. The van der Waals surface area contributed by atoms with E-state index >= 15 is 0 Å². The van der Waals surface area contributed by atoms with Crippen LogP contribution in [0.25, 0.3) is 0 Å². The van der Waals surface area contributed by atoms with Crippen LogP contribution in [0.3, 0.4) is 0 Å². The van der Waals surface area contributed by atoms with E-state index in [0.29, 0.717) is 24.9 Å². The molecule has 0 unspecified atom stereocenters. The summed E-state index contributed by atoms with van der Waals surface area (Å²) in [6.45, 7) is 0.209. The number of anilines is 1. The van der Waals surface area contributed by atoms with Crippen molar-refractivity contribution in [2.45, 2.75) is 51.0 Å². The van der Waals surface area contributed by atoms with Gasteiger partial charge in [0.25, 0.3) is 0 Å². The van der Waals surface area contributed by atoms with Crippen molar-refractivity contribution < 1.29 is 18.7 Å². The maximum Gasteiger partial charge on any atom is 0.307 e. The molecule has 0 N–H and O–H groups in total. The summed E-state index contributed by atoms with van der Waals surface area (Å²) >= 11 is 0. The predicted octanol–water partition coefficient (Wildman–Crippen LogP) is 3.12. The fraction of sp³-hybridized carbons (Fsp3) is 0.526. The number of amides is 1. The summed E-state index contributed by atoms with van der Waals surface area (Å²) in [5, 5.41) is 9.15. The smallest absolute Gasteiger partial charge is 0.307 e. The molecule has 0 saturated heterocycles. The van der Waals surface area contributed by atoms with Gasteiger partial charge in [-0.1, -0.05) is 6.42 Å². The molecule has 1 aliphatic heterocycles. The number of halogens is 1. The zero-order chi connectivity index (χ0) is 17.8. The van der Waals surface area contributed by atoms with Crippen molar-refractivity contribution in [3.05, 3.63) is 29.6 Å². The largest absolute Gasteiger partial charge is 0.461 e. The Morgan fingerprint density at radius 3 is 2.92 bits per heavy atom. The maximum absolute atomic E-state index is 13.4. The van der Waals surface area contributed by atoms with Crippen LogP contribution in [0.2, 0.25) is 0 Å². The van der Waals surface area contributed by atoms with Crippen LogP contribution < -0.4 is 4.90 Å². The zero-order valence-electron chi connectivity index (χ0n) is 14.0. The lowest BCUT2D eigenvalue weighted by atomic mass is 9.87. The first-order chi connectivity index (χ1) is 12.1. The number of benzene rings is 1. The van der Waals surface area contributed by atoms with Crippen LogP contribution in [0.1, 0.15) is 44.1 Å². The Morgan fingerprint density at radius 1 is 1.32 bits per heavy atom. The quantitative estimate of drug-likeness (QED) is 0.787. The molecule has 0 radical (unpaired) electrons. The van der Waals surface area contributed by atoms with Gasteiger partial charge in [-0.3, -0.25) is 9.59 Å². The normalized spacial score (nSPS) is 22.9. The summed E-state index contributed by atoms with van der Waals surface area (Å²) in [6, 6.07) is 6.56. The van der Waals surface area contributed by atoms with E-state index < -0.39 is 5.97 Å². The molecule has 2 atom stereocenters. The average molecular weight is 344 g/mol. The fourth-order valence-corrected chi connectivity index (χ4v) is 3.59. The molecule has 1 heterocycles. The van der Waals surface area contributed by atoms with Crippen LogP contribution in [0.4, 0.5) is 10.1 Å². The molecule has 1 aromatic rings.